The van der Waals surface area contributed by atoms with Crippen LogP contribution in [0, 0.1) is 0 Å². The van der Waals surface area contributed by atoms with Gasteiger partial charge in [0.1, 0.15) is 0 Å². The Morgan fingerprint density at radius 1 is 1.27 bits per heavy atom. The van der Waals surface area contributed by atoms with Crippen LogP contribution in [0.15, 0.2) is 30.3 Å². The summed E-state index contributed by atoms with van der Waals surface area (Å²) in [5, 5.41) is 30.2. The summed E-state index contributed by atoms with van der Waals surface area (Å²) in [6.45, 7) is 0.628. The Morgan fingerprint density at radius 2 is 2.09 bits per heavy atom. The molecule has 2 heterocycles. The highest BCUT2D eigenvalue weighted by molar-refractivity contribution is 5.82. The van der Waals surface area contributed by atoms with E-state index in [2.05, 4.69) is 4.98 Å². The van der Waals surface area contributed by atoms with Gasteiger partial charge in [-0.15, -0.1) is 0 Å². The maximum absolute atomic E-state index is 9.91. The monoisotopic (exact) mass is 304 g/mol. The Labute approximate surface area is 128 Å². The molecule has 0 unspecified atom stereocenters. The second-order valence-electron chi connectivity index (χ2n) is 5.58. The van der Waals surface area contributed by atoms with Crippen molar-refractivity contribution in [2.24, 2.45) is 0 Å². The number of fused-ring (bicyclic) bond motifs is 1. The Hall–Kier alpha value is -1.73. The summed E-state index contributed by atoms with van der Waals surface area (Å²) in [6.07, 6.45) is -1.77. The molecule has 2 aromatic rings. The number of aromatic nitrogens is 1. The summed E-state index contributed by atoms with van der Waals surface area (Å²) in [7, 11) is 1.58. The molecular formula is C16H20N2O4. The van der Waals surface area contributed by atoms with Crippen LogP contribution in [-0.4, -0.2) is 63.7 Å². The number of aliphatic hydroxyl groups is 3. The van der Waals surface area contributed by atoms with Gasteiger partial charge in [0.25, 0.3) is 0 Å². The van der Waals surface area contributed by atoms with Crippen molar-refractivity contribution in [3.63, 3.8) is 0 Å². The molecule has 0 spiro atoms. The third-order valence-electron chi connectivity index (χ3n) is 4.23. The lowest BCUT2D eigenvalue weighted by atomic mass is 10.1. The third-order valence-corrected chi connectivity index (χ3v) is 4.23. The quantitative estimate of drug-likeness (QED) is 0.745. The standard InChI is InChI=1S/C16H20N2O4/c1-22-14-6-5-10-3-2-4-11(15(10)17-14)7-18-8-13(20)16(21)12(18)9-19/h2-6,12-13,16,19-21H,7-9H2,1H3/t12-,13+,16-/m1/s1. The van der Waals surface area contributed by atoms with Crippen molar-refractivity contribution in [3.05, 3.63) is 35.9 Å². The predicted molar refractivity (Wildman–Crippen MR) is 81.6 cm³/mol. The molecule has 0 amide bonds. The number of nitrogens with zero attached hydrogens (tertiary/aromatic N) is 2. The minimum Gasteiger partial charge on any atom is -0.481 e. The van der Waals surface area contributed by atoms with Crippen molar-refractivity contribution < 1.29 is 20.1 Å². The van der Waals surface area contributed by atoms with Crippen LogP contribution in [0.2, 0.25) is 0 Å². The van der Waals surface area contributed by atoms with E-state index in [1.807, 2.05) is 35.2 Å². The third kappa shape index (κ3) is 2.66. The first-order chi connectivity index (χ1) is 10.6. The van der Waals surface area contributed by atoms with Gasteiger partial charge in [-0.2, -0.15) is 0 Å². The van der Waals surface area contributed by atoms with E-state index in [1.165, 1.54) is 0 Å². The van der Waals surface area contributed by atoms with Gasteiger partial charge in [0.15, 0.2) is 0 Å². The van der Waals surface area contributed by atoms with Crippen LogP contribution in [-0.2, 0) is 6.54 Å². The van der Waals surface area contributed by atoms with Gasteiger partial charge in [-0.1, -0.05) is 18.2 Å². The van der Waals surface area contributed by atoms with Crippen LogP contribution in [0.3, 0.4) is 0 Å². The number of ether oxygens (including phenoxy) is 1. The lowest BCUT2D eigenvalue weighted by Crippen LogP contribution is -2.38. The van der Waals surface area contributed by atoms with Gasteiger partial charge in [0.2, 0.25) is 5.88 Å². The fourth-order valence-corrected chi connectivity index (χ4v) is 3.01. The fourth-order valence-electron chi connectivity index (χ4n) is 3.01. The fraction of sp³-hybridized carbons (Fsp3) is 0.438. The molecule has 0 aliphatic carbocycles. The van der Waals surface area contributed by atoms with Crippen molar-refractivity contribution in [3.8, 4) is 5.88 Å². The number of hydrogen-bond donors (Lipinski definition) is 3. The summed E-state index contributed by atoms with van der Waals surface area (Å²) >= 11 is 0. The van der Waals surface area contributed by atoms with Crippen molar-refractivity contribution in [2.45, 2.75) is 24.8 Å². The van der Waals surface area contributed by atoms with Crippen LogP contribution < -0.4 is 4.74 Å². The van der Waals surface area contributed by atoms with Crippen LogP contribution in [0.25, 0.3) is 10.9 Å². The number of hydrogen-bond acceptors (Lipinski definition) is 6. The van der Waals surface area contributed by atoms with Gasteiger partial charge in [0.05, 0.1) is 37.5 Å². The molecule has 118 valence electrons. The summed E-state index contributed by atoms with van der Waals surface area (Å²) in [6, 6.07) is 9.18. The van der Waals surface area contributed by atoms with Gasteiger partial charge in [-0.3, -0.25) is 4.90 Å². The van der Waals surface area contributed by atoms with E-state index in [0.717, 1.165) is 16.5 Å². The van der Waals surface area contributed by atoms with Crippen molar-refractivity contribution in [1.29, 1.82) is 0 Å². The predicted octanol–water partition coefficient (Wildman–Crippen LogP) is 0.142. The molecule has 0 bridgehead atoms. The van der Waals surface area contributed by atoms with Gasteiger partial charge < -0.3 is 20.1 Å². The lowest BCUT2D eigenvalue weighted by molar-refractivity contribution is 0.0210. The number of pyridine rings is 1. The summed E-state index contributed by atoms with van der Waals surface area (Å²) in [5.74, 6) is 0.542. The van der Waals surface area contributed by atoms with E-state index in [9.17, 15) is 15.3 Å². The maximum Gasteiger partial charge on any atom is 0.213 e. The SMILES string of the molecule is COc1ccc2cccc(CN3C[C@H](O)[C@H](O)[C@H]3CO)c2n1. The van der Waals surface area contributed by atoms with Gasteiger partial charge in [-0.05, 0) is 11.6 Å². The van der Waals surface area contributed by atoms with E-state index in [4.69, 9.17) is 4.74 Å². The molecule has 1 fully saturated rings. The summed E-state index contributed by atoms with van der Waals surface area (Å²) < 4.78 is 5.18. The first kappa shape index (κ1) is 15.2. The van der Waals surface area contributed by atoms with Crippen molar-refractivity contribution in [1.82, 2.24) is 9.88 Å². The number of benzene rings is 1. The Bertz CT molecular complexity index is 664. The first-order valence-electron chi connectivity index (χ1n) is 7.27. The highest BCUT2D eigenvalue weighted by atomic mass is 16.5. The zero-order valence-electron chi connectivity index (χ0n) is 12.4. The largest absolute Gasteiger partial charge is 0.481 e. The lowest BCUT2D eigenvalue weighted by Gasteiger charge is -2.24. The number of β-amino-alcohol motifs (C(OH)–C–C–N with tert-alkyl or cyclic N) is 1. The minimum absolute atomic E-state index is 0.195. The van der Waals surface area contributed by atoms with Crippen LogP contribution in [0.4, 0.5) is 0 Å². The van der Waals surface area contributed by atoms with E-state index in [1.54, 1.807) is 7.11 Å². The summed E-state index contributed by atoms with van der Waals surface area (Å²) in [4.78, 5) is 6.37. The molecule has 22 heavy (non-hydrogen) atoms. The number of aliphatic hydroxyl groups excluding tert-OH is 3. The van der Waals surface area contributed by atoms with Gasteiger partial charge in [-0.25, -0.2) is 4.98 Å². The molecule has 3 N–H and O–H groups in total. The maximum atomic E-state index is 9.91. The average Bonchev–Trinajstić information content (AvgIpc) is 2.81. The number of para-hydroxylation sites is 1. The van der Waals surface area contributed by atoms with Gasteiger partial charge in [0, 0.05) is 24.5 Å². The smallest absolute Gasteiger partial charge is 0.213 e. The molecule has 6 nitrogen and oxygen atoms in total. The topological polar surface area (TPSA) is 86.1 Å². The molecular weight excluding hydrogens is 284 g/mol. The molecule has 1 saturated heterocycles. The number of methoxy groups -OCH3 is 1. The molecule has 0 saturated carbocycles. The highest BCUT2D eigenvalue weighted by Crippen LogP contribution is 2.25. The molecule has 0 radical (unpaired) electrons. The van der Waals surface area contributed by atoms with E-state index >= 15 is 0 Å². The first-order valence-corrected chi connectivity index (χ1v) is 7.27. The molecule has 3 rings (SSSR count). The average molecular weight is 304 g/mol. The van der Waals surface area contributed by atoms with E-state index < -0.39 is 18.2 Å². The molecule has 3 atom stereocenters. The Kier molecular flexibility index (Phi) is 4.26. The van der Waals surface area contributed by atoms with Gasteiger partial charge >= 0.3 is 0 Å². The number of rotatable bonds is 4. The highest BCUT2D eigenvalue weighted by Gasteiger charge is 2.39. The zero-order valence-corrected chi connectivity index (χ0v) is 12.4. The second kappa shape index (κ2) is 6.18. The van der Waals surface area contributed by atoms with Crippen LogP contribution >= 0.6 is 0 Å². The molecule has 6 heteroatoms. The molecule has 1 aliphatic rings. The molecule has 1 aromatic carbocycles. The zero-order chi connectivity index (χ0) is 15.7. The normalized spacial score (nSPS) is 25.7. The molecule has 1 aromatic heterocycles. The van der Waals surface area contributed by atoms with Crippen molar-refractivity contribution in [2.75, 3.05) is 20.3 Å². The summed E-state index contributed by atoms with van der Waals surface area (Å²) in [5.41, 5.74) is 1.80. The second-order valence-corrected chi connectivity index (χ2v) is 5.58. The number of likely N-dealkylation sites (tertiary alicyclic amines) is 1. The Morgan fingerprint density at radius 3 is 2.82 bits per heavy atom. The van der Waals surface area contributed by atoms with E-state index in [-0.39, 0.29) is 6.61 Å². The Balaban J connectivity index is 1.93. The van der Waals surface area contributed by atoms with Crippen molar-refractivity contribution >= 4 is 10.9 Å². The molecule has 1 aliphatic heterocycles. The van der Waals surface area contributed by atoms with Crippen LogP contribution in [0.5, 0.6) is 5.88 Å². The minimum atomic E-state index is -0.928. The van der Waals surface area contributed by atoms with E-state index in [0.29, 0.717) is 19.0 Å². The van der Waals surface area contributed by atoms with Crippen LogP contribution in [0.1, 0.15) is 5.56 Å².